The molecule has 0 aliphatic heterocycles. The molecule has 0 amide bonds. The van der Waals surface area contributed by atoms with Gasteiger partial charge in [-0.15, -0.1) is 0 Å². The van der Waals surface area contributed by atoms with Gasteiger partial charge in [-0.3, -0.25) is 14.4 Å². The van der Waals surface area contributed by atoms with E-state index in [4.69, 9.17) is 16.0 Å². The van der Waals surface area contributed by atoms with Gasteiger partial charge in [0.2, 0.25) is 5.78 Å². The molecule has 2 aromatic heterocycles. The smallest absolute Gasteiger partial charge is 0.313 e. The van der Waals surface area contributed by atoms with Gasteiger partial charge in [0.15, 0.2) is 11.5 Å². The average Bonchev–Trinajstić information content (AvgIpc) is 3.13. The highest BCUT2D eigenvalue weighted by Crippen LogP contribution is 2.04. The SMILES string of the molecule is CCOC(=O)CC(=O)c1ccco1.O=C(Cl)c1ccco1. The molecular weight excluding hydrogens is 300 g/mol. The number of carbonyl (C=O) groups excluding carboxylic acids is 3. The predicted octanol–water partition coefficient (Wildman–Crippen LogP) is 3.07. The van der Waals surface area contributed by atoms with Crippen LogP contribution in [0.3, 0.4) is 0 Å². The van der Waals surface area contributed by atoms with Gasteiger partial charge in [0, 0.05) is 0 Å². The van der Waals surface area contributed by atoms with Crippen LogP contribution in [-0.4, -0.2) is 23.6 Å². The molecule has 0 saturated carbocycles. The van der Waals surface area contributed by atoms with E-state index in [1.54, 1.807) is 19.1 Å². The van der Waals surface area contributed by atoms with Gasteiger partial charge in [0.25, 0.3) is 5.24 Å². The summed E-state index contributed by atoms with van der Waals surface area (Å²) in [5, 5.41) is -0.560. The molecular formula is C14H13ClO6. The van der Waals surface area contributed by atoms with Crippen LogP contribution in [0.4, 0.5) is 0 Å². The van der Waals surface area contributed by atoms with Crippen molar-refractivity contribution in [3.63, 3.8) is 0 Å². The minimum atomic E-state index is -0.560. The van der Waals surface area contributed by atoms with Crippen LogP contribution in [0.2, 0.25) is 0 Å². The van der Waals surface area contributed by atoms with Gasteiger partial charge in [-0.05, 0) is 42.8 Å². The van der Waals surface area contributed by atoms with Gasteiger partial charge in [0.05, 0.1) is 19.1 Å². The lowest BCUT2D eigenvalue weighted by molar-refractivity contribution is -0.142. The van der Waals surface area contributed by atoms with Crippen LogP contribution in [0.15, 0.2) is 45.6 Å². The second-order valence-electron chi connectivity index (χ2n) is 3.63. The number of rotatable bonds is 5. The number of ether oxygens (including phenoxy) is 1. The van der Waals surface area contributed by atoms with E-state index in [0.29, 0.717) is 0 Å². The van der Waals surface area contributed by atoms with Crippen molar-refractivity contribution in [2.45, 2.75) is 13.3 Å². The van der Waals surface area contributed by atoms with Gasteiger partial charge >= 0.3 is 5.97 Å². The van der Waals surface area contributed by atoms with E-state index in [1.165, 1.54) is 24.7 Å². The quantitative estimate of drug-likeness (QED) is 0.365. The van der Waals surface area contributed by atoms with Crippen LogP contribution in [-0.2, 0) is 9.53 Å². The van der Waals surface area contributed by atoms with E-state index in [9.17, 15) is 14.4 Å². The molecule has 6 nitrogen and oxygen atoms in total. The zero-order valence-electron chi connectivity index (χ0n) is 11.2. The van der Waals surface area contributed by atoms with Crippen molar-refractivity contribution in [2.24, 2.45) is 0 Å². The lowest BCUT2D eigenvalue weighted by atomic mass is 10.2. The fourth-order valence-electron chi connectivity index (χ4n) is 1.26. The van der Waals surface area contributed by atoms with Crippen molar-refractivity contribution in [3.8, 4) is 0 Å². The Morgan fingerprint density at radius 2 is 1.67 bits per heavy atom. The van der Waals surface area contributed by atoms with E-state index >= 15 is 0 Å². The fourth-order valence-corrected chi connectivity index (χ4v) is 1.37. The highest BCUT2D eigenvalue weighted by Gasteiger charge is 2.14. The van der Waals surface area contributed by atoms with Crippen LogP contribution in [0, 0.1) is 0 Å². The lowest BCUT2D eigenvalue weighted by Crippen LogP contribution is -2.10. The Morgan fingerprint density at radius 1 is 1.10 bits per heavy atom. The molecule has 0 aliphatic carbocycles. The topological polar surface area (TPSA) is 86.7 Å². The van der Waals surface area contributed by atoms with Crippen molar-refractivity contribution >= 4 is 28.6 Å². The number of esters is 1. The van der Waals surface area contributed by atoms with Crippen LogP contribution in [0.25, 0.3) is 0 Å². The summed E-state index contributed by atoms with van der Waals surface area (Å²) < 4.78 is 14.0. The molecule has 0 fully saturated rings. The number of hydrogen-bond donors (Lipinski definition) is 0. The molecule has 0 atom stereocenters. The number of furan rings is 2. The Morgan fingerprint density at radius 3 is 2.05 bits per heavy atom. The minimum absolute atomic E-state index is 0.187. The lowest BCUT2D eigenvalue weighted by Gasteiger charge is -1.98. The molecule has 0 bridgehead atoms. The second kappa shape index (κ2) is 8.76. The largest absolute Gasteiger partial charge is 0.466 e. The van der Waals surface area contributed by atoms with Gasteiger partial charge in [-0.1, -0.05) is 0 Å². The summed E-state index contributed by atoms with van der Waals surface area (Å²) in [7, 11) is 0. The van der Waals surface area contributed by atoms with Crippen LogP contribution in [0.1, 0.15) is 34.5 Å². The molecule has 0 spiro atoms. The first-order valence-electron chi connectivity index (χ1n) is 6.00. The number of carbonyl (C=O) groups is 3. The molecule has 0 aromatic carbocycles. The molecule has 2 rings (SSSR count). The summed E-state index contributed by atoms with van der Waals surface area (Å²) in [6, 6.07) is 6.23. The maximum absolute atomic E-state index is 11.2. The Labute approximate surface area is 125 Å². The molecule has 21 heavy (non-hydrogen) atoms. The van der Waals surface area contributed by atoms with E-state index < -0.39 is 11.2 Å². The van der Waals surface area contributed by atoms with E-state index in [2.05, 4.69) is 9.15 Å². The van der Waals surface area contributed by atoms with Crippen molar-refractivity contribution in [3.05, 3.63) is 48.3 Å². The maximum Gasteiger partial charge on any atom is 0.313 e. The first-order chi connectivity index (χ1) is 10.0. The van der Waals surface area contributed by atoms with Crippen LogP contribution in [0.5, 0.6) is 0 Å². The minimum Gasteiger partial charge on any atom is -0.466 e. The first-order valence-corrected chi connectivity index (χ1v) is 6.38. The Kier molecular flexibility index (Phi) is 6.97. The average molecular weight is 313 g/mol. The number of ketones is 1. The fraction of sp³-hybridized carbons (Fsp3) is 0.214. The second-order valence-corrected chi connectivity index (χ2v) is 3.98. The Balaban J connectivity index is 0.000000235. The molecule has 0 unspecified atom stereocenters. The maximum atomic E-state index is 11.2. The van der Waals surface area contributed by atoms with Crippen molar-refractivity contribution in [1.29, 1.82) is 0 Å². The third-order valence-corrected chi connectivity index (χ3v) is 2.31. The highest BCUT2D eigenvalue weighted by molar-refractivity contribution is 6.67. The summed E-state index contributed by atoms with van der Waals surface area (Å²) >= 11 is 5.01. The summed E-state index contributed by atoms with van der Waals surface area (Å²) in [6.07, 6.45) is 2.52. The van der Waals surface area contributed by atoms with Crippen LogP contribution < -0.4 is 0 Å². The zero-order valence-corrected chi connectivity index (χ0v) is 12.0. The standard InChI is InChI=1S/C9H10O4.C5H3ClO2/c1-2-12-9(11)6-7(10)8-4-3-5-13-8;6-5(7)4-2-1-3-8-4/h3-5H,2,6H2,1H3;1-3H. The zero-order chi connectivity index (χ0) is 15.7. The molecule has 0 saturated heterocycles. The van der Waals surface area contributed by atoms with Crippen molar-refractivity contribution < 1.29 is 28.0 Å². The monoisotopic (exact) mass is 312 g/mol. The van der Waals surface area contributed by atoms with Gasteiger partial charge in [-0.2, -0.15) is 0 Å². The summed E-state index contributed by atoms with van der Waals surface area (Å²) in [4.78, 5) is 32.2. The number of halogens is 1. The number of hydrogen-bond acceptors (Lipinski definition) is 6. The third kappa shape index (κ3) is 6.09. The normalized spacial score (nSPS) is 9.43. The molecule has 112 valence electrons. The molecule has 7 heteroatoms. The molecule has 2 heterocycles. The predicted molar refractivity (Wildman–Crippen MR) is 73.2 cm³/mol. The Bertz CT molecular complexity index is 571. The van der Waals surface area contributed by atoms with E-state index in [0.717, 1.165) is 0 Å². The summed E-state index contributed by atoms with van der Waals surface area (Å²) in [5.74, 6) is -0.507. The molecule has 2 aromatic rings. The molecule has 0 N–H and O–H groups in total. The van der Waals surface area contributed by atoms with Crippen molar-refractivity contribution in [1.82, 2.24) is 0 Å². The Hall–Kier alpha value is -2.34. The first kappa shape index (κ1) is 16.7. The third-order valence-electron chi connectivity index (χ3n) is 2.12. The molecule has 0 radical (unpaired) electrons. The summed E-state index contributed by atoms with van der Waals surface area (Å²) in [5.41, 5.74) is 0. The van der Waals surface area contributed by atoms with Gasteiger partial charge < -0.3 is 13.6 Å². The van der Waals surface area contributed by atoms with Crippen LogP contribution >= 0.6 is 11.6 Å². The highest BCUT2D eigenvalue weighted by atomic mass is 35.5. The van der Waals surface area contributed by atoms with Crippen molar-refractivity contribution in [2.75, 3.05) is 6.61 Å². The number of Topliss-reactive ketones (excluding diaryl/α,β-unsaturated/α-hetero) is 1. The van der Waals surface area contributed by atoms with E-state index in [-0.39, 0.29) is 30.3 Å². The van der Waals surface area contributed by atoms with E-state index in [1.807, 2.05) is 0 Å². The van der Waals surface area contributed by atoms with Gasteiger partial charge in [0.1, 0.15) is 6.42 Å². The summed E-state index contributed by atoms with van der Waals surface area (Å²) in [6.45, 7) is 1.97. The van der Waals surface area contributed by atoms with Gasteiger partial charge in [-0.25, -0.2) is 0 Å². The molecule has 0 aliphatic rings.